The van der Waals surface area contributed by atoms with E-state index < -0.39 is 23.3 Å². The van der Waals surface area contributed by atoms with Gasteiger partial charge in [0.05, 0.1) is 16.8 Å². The molecule has 0 unspecified atom stereocenters. The third-order valence-electron chi connectivity index (χ3n) is 4.01. The van der Waals surface area contributed by atoms with E-state index in [9.17, 15) is 19.8 Å². The van der Waals surface area contributed by atoms with Crippen molar-refractivity contribution in [1.29, 1.82) is 0 Å². The first-order valence-corrected chi connectivity index (χ1v) is 7.01. The lowest BCUT2D eigenvalue weighted by molar-refractivity contribution is 0.0976. The first-order chi connectivity index (χ1) is 11.1. The van der Waals surface area contributed by atoms with E-state index in [-0.39, 0.29) is 22.3 Å². The summed E-state index contributed by atoms with van der Waals surface area (Å²) >= 11 is 0. The number of fused-ring (bicyclic) bond motifs is 2. The summed E-state index contributed by atoms with van der Waals surface area (Å²) in [6.45, 7) is 0. The maximum absolute atomic E-state index is 12.6. The minimum atomic E-state index is -0.474. The van der Waals surface area contributed by atoms with Crippen molar-refractivity contribution in [1.82, 2.24) is 4.57 Å². The Bertz CT molecular complexity index is 912. The SMILES string of the molecule is O=C1c2ccccc2C(=O)c2c1c(O)n(-c1ccccc1)c2O. The Morgan fingerprint density at radius 1 is 0.652 bits per heavy atom. The van der Waals surface area contributed by atoms with E-state index in [4.69, 9.17) is 0 Å². The summed E-state index contributed by atoms with van der Waals surface area (Å²) < 4.78 is 1.10. The molecule has 2 N–H and O–H groups in total. The first-order valence-electron chi connectivity index (χ1n) is 7.01. The van der Waals surface area contributed by atoms with Gasteiger partial charge >= 0.3 is 0 Å². The molecule has 0 amide bonds. The van der Waals surface area contributed by atoms with Gasteiger partial charge in [-0.05, 0) is 12.1 Å². The van der Waals surface area contributed by atoms with E-state index in [0.717, 1.165) is 4.57 Å². The fourth-order valence-electron chi connectivity index (χ4n) is 2.95. The highest BCUT2D eigenvalue weighted by Gasteiger charge is 2.38. The topological polar surface area (TPSA) is 79.5 Å². The Morgan fingerprint density at radius 3 is 1.57 bits per heavy atom. The van der Waals surface area contributed by atoms with Crippen molar-refractivity contribution >= 4 is 11.6 Å². The lowest BCUT2D eigenvalue weighted by Gasteiger charge is -2.13. The number of aromatic nitrogens is 1. The number of hydrogen-bond acceptors (Lipinski definition) is 4. The van der Waals surface area contributed by atoms with E-state index in [1.807, 2.05) is 0 Å². The predicted octanol–water partition coefficient (Wildman–Crippen LogP) is 2.66. The number of nitrogens with zero attached hydrogens (tertiary/aromatic N) is 1. The van der Waals surface area contributed by atoms with Crippen LogP contribution in [0.1, 0.15) is 31.8 Å². The van der Waals surface area contributed by atoms with Crippen LogP contribution in [0.2, 0.25) is 0 Å². The van der Waals surface area contributed by atoms with Gasteiger partial charge in [-0.25, -0.2) is 0 Å². The summed E-state index contributed by atoms with van der Waals surface area (Å²) in [5.41, 5.74) is 0.600. The zero-order valence-electron chi connectivity index (χ0n) is 11.9. The van der Waals surface area contributed by atoms with Gasteiger partial charge in [0, 0.05) is 11.1 Å². The van der Waals surface area contributed by atoms with Crippen LogP contribution >= 0.6 is 0 Å². The molecule has 2 aromatic carbocycles. The minimum Gasteiger partial charge on any atom is -0.494 e. The van der Waals surface area contributed by atoms with Crippen LogP contribution in [0.4, 0.5) is 0 Å². The summed E-state index contributed by atoms with van der Waals surface area (Å²) in [6.07, 6.45) is 0. The van der Waals surface area contributed by atoms with Gasteiger partial charge in [0.15, 0.2) is 11.6 Å². The second-order valence-corrected chi connectivity index (χ2v) is 5.27. The van der Waals surface area contributed by atoms with Crippen LogP contribution in [0.25, 0.3) is 5.69 Å². The Kier molecular flexibility index (Phi) is 2.65. The quantitative estimate of drug-likeness (QED) is 0.566. The van der Waals surface area contributed by atoms with Crippen LogP contribution < -0.4 is 0 Å². The molecule has 0 saturated heterocycles. The van der Waals surface area contributed by atoms with Crippen LogP contribution in [-0.4, -0.2) is 26.3 Å². The van der Waals surface area contributed by atoms with E-state index in [2.05, 4.69) is 0 Å². The third kappa shape index (κ3) is 1.67. The van der Waals surface area contributed by atoms with Gasteiger partial charge in [-0.15, -0.1) is 0 Å². The molecule has 0 fully saturated rings. The molecule has 0 saturated carbocycles. The van der Waals surface area contributed by atoms with Crippen LogP contribution in [-0.2, 0) is 0 Å². The molecule has 0 atom stereocenters. The molecule has 112 valence electrons. The lowest BCUT2D eigenvalue weighted by atomic mass is 9.86. The minimum absolute atomic E-state index is 0.157. The number of carbonyl (C=O) groups is 2. The molecule has 1 aromatic heterocycles. The van der Waals surface area contributed by atoms with Crippen LogP contribution in [0.5, 0.6) is 11.8 Å². The normalized spacial score (nSPS) is 12.9. The first kappa shape index (κ1) is 13.3. The van der Waals surface area contributed by atoms with Crippen molar-refractivity contribution in [3.8, 4) is 17.4 Å². The highest BCUT2D eigenvalue weighted by Crippen LogP contribution is 2.42. The molecule has 0 aliphatic heterocycles. The lowest BCUT2D eigenvalue weighted by Crippen LogP contribution is -2.19. The van der Waals surface area contributed by atoms with Crippen molar-refractivity contribution < 1.29 is 19.8 Å². The second kappa shape index (κ2) is 4.58. The Morgan fingerprint density at radius 2 is 1.09 bits per heavy atom. The maximum atomic E-state index is 12.6. The third-order valence-corrected chi connectivity index (χ3v) is 4.01. The highest BCUT2D eigenvalue weighted by atomic mass is 16.3. The molecule has 1 heterocycles. The molecule has 5 heteroatoms. The zero-order valence-corrected chi connectivity index (χ0v) is 11.9. The van der Waals surface area contributed by atoms with Gasteiger partial charge in [-0.3, -0.25) is 14.2 Å². The summed E-state index contributed by atoms with van der Waals surface area (Å²) in [5.74, 6) is -1.82. The highest BCUT2D eigenvalue weighted by molar-refractivity contribution is 6.30. The number of rotatable bonds is 1. The summed E-state index contributed by atoms with van der Waals surface area (Å²) in [6, 6.07) is 14.9. The van der Waals surface area contributed by atoms with Crippen molar-refractivity contribution in [2.75, 3.05) is 0 Å². The summed E-state index contributed by atoms with van der Waals surface area (Å²) in [4.78, 5) is 25.3. The van der Waals surface area contributed by atoms with E-state index in [1.54, 1.807) is 42.5 Å². The molecule has 0 spiro atoms. The van der Waals surface area contributed by atoms with E-state index in [0.29, 0.717) is 5.69 Å². The second-order valence-electron chi connectivity index (χ2n) is 5.27. The Balaban J connectivity index is 2.05. The number of aromatic hydroxyl groups is 2. The van der Waals surface area contributed by atoms with Gasteiger partial charge in [0.1, 0.15) is 0 Å². The smallest absolute Gasteiger partial charge is 0.210 e. The number of ketones is 2. The Labute approximate surface area is 131 Å². The molecule has 3 aromatic rings. The monoisotopic (exact) mass is 305 g/mol. The molecule has 4 rings (SSSR count). The number of para-hydroxylation sites is 1. The van der Waals surface area contributed by atoms with Crippen molar-refractivity contribution in [2.24, 2.45) is 0 Å². The number of hydrogen-bond donors (Lipinski definition) is 2. The number of carbonyl (C=O) groups excluding carboxylic acids is 2. The van der Waals surface area contributed by atoms with Gasteiger partial charge in [0.2, 0.25) is 11.8 Å². The molecule has 23 heavy (non-hydrogen) atoms. The molecule has 0 bridgehead atoms. The Hall–Kier alpha value is -3.34. The standard InChI is InChI=1S/C18H11NO4/c20-15-11-8-4-5-9-12(11)16(21)14-13(15)17(22)19(18(14)23)10-6-2-1-3-7-10/h1-9,22-23H. The van der Waals surface area contributed by atoms with Crippen molar-refractivity contribution in [3.05, 3.63) is 76.9 Å². The fraction of sp³-hybridized carbons (Fsp3) is 0. The fourth-order valence-corrected chi connectivity index (χ4v) is 2.95. The van der Waals surface area contributed by atoms with Crippen LogP contribution in [0.15, 0.2) is 54.6 Å². The number of benzene rings is 2. The van der Waals surface area contributed by atoms with Crippen LogP contribution in [0.3, 0.4) is 0 Å². The van der Waals surface area contributed by atoms with Crippen molar-refractivity contribution in [2.45, 2.75) is 0 Å². The molecular weight excluding hydrogens is 294 g/mol. The maximum Gasteiger partial charge on any atom is 0.210 e. The van der Waals surface area contributed by atoms with Gasteiger partial charge in [-0.1, -0.05) is 42.5 Å². The average molecular weight is 305 g/mol. The molecular formula is C18H11NO4. The van der Waals surface area contributed by atoms with E-state index >= 15 is 0 Å². The molecule has 5 nitrogen and oxygen atoms in total. The van der Waals surface area contributed by atoms with Gasteiger partial charge in [-0.2, -0.15) is 0 Å². The molecule has 1 aliphatic carbocycles. The largest absolute Gasteiger partial charge is 0.494 e. The van der Waals surface area contributed by atoms with Gasteiger partial charge in [0.25, 0.3) is 0 Å². The molecule has 1 aliphatic rings. The van der Waals surface area contributed by atoms with Crippen molar-refractivity contribution in [3.63, 3.8) is 0 Å². The van der Waals surface area contributed by atoms with E-state index in [1.165, 1.54) is 12.1 Å². The van der Waals surface area contributed by atoms with Crippen LogP contribution in [0, 0.1) is 0 Å². The zero-order chi connectivity index (χ0) is 16.1. The predicted molar refractivity (Wildman–Crippen MR) is 82.4 cm³/mol. The average Bonchev–Trinajstić information content (AvgIpc) is 2.85. The molecule has 0 radical (unpaired) electrons. The summed E-state index contributed by atoms with van der Waals surface area (Å²) in [5, 5.41) is 20.9. The van der Waals surface area contributed by atoms with Gasteiger partial charge < -0.3 is 10.2 Å². The summed E-state index contributed by atoms with van der Waals surface area (Å²) in [7, 11) is 0.